The number of hydrogen-bond acceptors (Lipinski definition) is 4. The van der Waals surface area contributed by atoms with Crippen molar-refractivity contribution in [1.82, 2.24) is 14.2 Å². The zero-order valence-electron chi connectivity index (χ0n) is 4.90. The molecule has 0 fully saturated rings. The maximum absolute atomic E-state index is 10.6. The first-order valence-corrected chi connectivity index (χ1v) is 3.25. The lowest BCUT2D eigenvalue weighted by atomic mass is 11.0. The molecule has 5 nitrogen and oxygen atoms in total. The number of anilines is 1. The van der Waals surface area contributed by atoms with Crippen LogP contribution < -0.4 is 11.4 Å². The molecular formula is C3H6N4OSi. The van der Waals surface area contributed by atoms with Crippen molar-refractivity contribution in [2.75, 3.05) is 5.73 Å². The summed E-state index contributed by atoms with van der Waals surface area (Å²) < 4.78 is 1.39. The molecule has 0 radical (unpaired) electrons. The largest absolute Gasteiger partial charge is 0.368 e. The summed E-state index contributed by atoms with van der Waals surface area (Å²) in [5.74, 6) is 0.0344. The normalized spacial score (nSPS) is 9.78. The van der Waals surface area contributed by atoms with Crippen LogP contribution in [0.1, 0.15) is 0 Å². The van der Waals surface area contributed by atoms with E-state index < -0.39 is 0 Å². The van der Waals surface area contributed by atoms with Crippen molar-refractivity contribution < 1.29 is 0 Å². The number of nitrogens with zero attached hydrogens (tertiary/aromatic N) is 3. The first-order chi connectivity index (χ1) is 4.20. The lowest BCUT2D eigenvalue weighted by Gasteiger charge is -1.92. The van der Waals surface area contributed by atoms with E-state index in [9.17, 15) is 4.79 Å². The van der Waals surface area contributed by atoms with Gasteiger partial charge in [0, 0.05) is 0 Å². The summed E-state index contributed by atoms with van der Waals surface area (Å²) in [5, 5.41) is 0. The van der Waals surface area contributed by atoms with Crippen molar-refractivity contribution >= 4 is 16.4 Å². The molecule has 6 heteroatoms. The predicted octanol–water partition coefficient (Wildman–Crippen LogP) is -2.65. The molecule has 1 aromatic rings. The minimum atomic E-state index is -0.325. The Morgan fingerprint density at radius 3 is 2.89 bits per heavy atom. The highest BCUT2D eigenvalue weighted by molar-refractivity contribution is 6.06. The van der Waals surface area contributed by atoms with Gasteiger partial charge in [0.2, 0.25) is 5.95 Å². The number of rotatable bonds is 0. The third-order valence-electron chi connectivity index (χ3n) is 0.875. The van der Waals surface area contributed by atoms with E-state index in [1.165, 1.54) is 10.6 Å². The van der Waals surface area contributed by atoms with Gasteiger partial charge in [0.1, 0.15) is 10.4 Å². The smallest absolute Gasteiger partial charge is 0.343 e. The molecular weight excluding hydrogens is 136 g/mol. The fourth-order valence-corrected chi connectivity index (χ4v) is 0.616. The Morgan fingerprint density at radius 1 is 1.78 bits per heavy atom. The molecule has 0 aliphatic heterocycles. The third kappa shape index (κ3) is 1.14. The van der Waals surface area contributed by atoms with E-state index >= 15 is 0 Å². The van der Waals surface area contributed by atoms with Gasteiger partial charge in [-0.15, -0.1) is 0 Å². The summed E-state index contributed by atoms with van der Waals surface area (Å²) in [6.45, 7) is 0. The van der Waals surface area contributed by atoms with Gasteiger partial charge in [-0.2, -0.15) is 4.98 Å². The van der Waals surface area contributed by atoms with Crippen LogP contribution >= 0.6 is 0 Å². The minimum Gasteiger partial charge on any atom is -0.368 e. The summed E-state index contributed by atoms with van der Waals surface area (Å²) in [6.07, 6.45) is 1.39. The second kappa shape index (κ2) is 1.98. The second-order valence-corrected chi connectivity index (χ2v) is 2.57. The maximum atomic E-state index is 10.6. The standard InChI is InChI=1S/C3H6N4OSi/c4-2-5-1-7(9)3(8)6-2/h1H,9H3,(H2,4,6,8). The van der Waals surface area contributed by atoms with E-state index in [1.807, 2.05) is 0 Å². The highest BCUT2D eigenvalue weighted by Gasteiger charge is 1.89. The molecule has 48 valence electrons. The van der Waals surface area contributed by atoms with Crippen LogP contribution in [-0.2, 0) is 0 Å². The van der Waals surface area contributed by atoms with Crippen molar-refractivity contribution in [1.29, 1.82) is 0 Å². The van der Waals surface area contributed by atoms with Gasteiger partial charge in [0.25, 0.3) is 0 Å². The first-order valence-electron chi connectivity index (χ1n) is 2.35. The van der Waals surface area contributed by atoms with Gasteiger partial charge in [-0.05, 0) is 0 Å². The molecule has 0 saturated carbocycles. The molecule has 0 saturated heterocycles. The molecule has 2 N–H and O–H groups in total. The van der Waals surface area contributed by atoms with Gasteiger partial charge < -0.3 is 9.97 Å². The van der Waals surface area contributed by atoms with Crippen molar-refractivity contribution in [3.8, 4) is 0 Å². The lowest BCUT2D eigenvalue weighted by molar-refractivity contribution is 0.942. The Kier molecular flexibility index (Phi) is 1.31. The highest BCUT2D eigenvalue weighted by Crippen LogP contribution is 1.76. The van der Waals surface area contributed by atoms with Crippen LogP contribution in [-0.4, -0.2) is 24.6 Å². The highest BCUT2D eigenvalue weighted by atomic mass is 28.2. The van der Waals surface area contributed by atoms with Crippen LogP contribution in [0.5, 0.6) is 0 Å². The Morgan fingerprint density at radius 2 is 2.44 bits per heavy atom. The van der Waals surface area contributed by atoms with Crippen LogP contribution in [0.4, 0.5) is 5.95 Å². The third-order valence-corrected chi connectivity index (χ3v) is 1.49. The monoisotopic (exact) mass is 142 g/mol. The molecule has 0 aliphatic rings. The van der Waals surface area contributed by atoms with Crippen molar-refractivity contribution in [2.24, 2.45) is 0 Å². The summed E-state index contributed by atoms with van der Waals surface area (Å²) in [5.41, 5.74) is 4.78. The topological polar surface area (TPSA) is 73.8 Å². The van der Waals surface area contributed by atoms with E-state index in [0.717, 1.165) is 0 Å². The van der Waals surface area contributed by atoms with Crippen LogP contribution in [0, 0.1) is 0 Å². The molecule has 9 heavy (non-hydrogen) atoms. The van der Waals surface area contributed by atoms with Crippen LogP contribution in [0.15, 0.2) is 11.1 Å². The summed E-state index contributed by atoms with van der Waals surface area (Å²) in [4.78, 5) is 17.6. The minimum absolute atomic E-state index is 0.0344. The predicted molar refractivity (Wildman–Crippen MR) is 36.0 cm³/mol. The lowest BCUT2D eigenvalue weighted by Crippen LogP contribution is -2.22. The zero-order valence-corrected chi connectivity index (χ0v) is 6.90. The number of nitrogen functional groups attached to an aromatic ring is 1. The maximum Gasteiger partial charge on any atom is 0.343 e. The average Bonchev–Trinajstić information content (AvgIpc) is 1.80. The second-order valence-electron chi connectivity index (χ2n) is 1.61. The molecule has 1 aromatic heterocycles. The number of nitrogens with two attached hydrogens (primary N) is 1. The van der Waals surface area contributed by atoms with E-state index in [4.69, 9.17) is 5.73 Å². The Labute approximate surface area is 54.1 Å². The molecule has 1 heterocycles. The van der Waals surface area contributed by atoms with Gasteiger partial charge in [0.15, 0.2) is 0 Å². The number of aromatic nitrogens is 3. The van der Waals surface area contributed by atoms with Crippen LogP contribution in [0.25, 0.3) is 0 Å². The Hall–Kier alpha value is -1.17. The molecule has 0 amide bonds. The number of hydrogen-bond donors (Lipinski definition) is 1. The quantitative estimate of drug-likeness (QED) is 0.401. The van der Waals surface area contributed by atoms with E-state index in [1.54, 1.807) is 0 Å². The van der Waals surface area contributed by atoms with Crippen molar-refractivity contribution in [2.45, 2.75) is 0 Å². The molecule has 0 aliphatic carbocycles. The fraction of sp³-hybridized carbons (Fsp3) is 0. The molecule has 1 rings (SSSR count). The summed E-state index contributed by atoms with van der Waals surface area (Å²) >= 11 is 0. The molecule has 0 aromatic carbocycles. The molecule has 0 unspecified atom stereocenters. The van der Waals surface area contributed by atoms with E-state index in [0.29, 0.717) is 10.4 Å². The van der Waals surface area contributed by atoms with Gasteiger partial charge in [0.05, 0.1) is 6.33 Å². The SMILES string of the molecule is Nc1ncn([SiH3])c(=O)n1. The van der Waals surface area contributed by atoms with Crippen LogP contribution in [0.2, 0.25) is 0 Å². The molecule has 0 spiro atoms. The Bertz CT molecular complexity index is 269. The van der Waals surface area contributed by atoms with Gasteiger partial charge in [-0.3, -0.25) is 0 Å². The fourth-order valence-electron chi connectivity index (χ4n) is 0.401. The van der Waals surface area contributed by atoms with Gasteiger partial charge in [-0.25, -0.2) is 9.78 Å². The van der Waals surface area contributed by atoms with Crippen molar-refractivity contribution in [3.63, 3.8) is 0 Å². The summed E-state index contributed by atoms with van der Waals surface area (Å²) in [6, 6.07) is 0. The average molecular weight is 142 g/mol. The van der Waals surface area contributed by atoms with E-state index in [2.05, 4.69) is 9.97 Å². The first kappa shape index (κ1) is 5.95. The molecule has 0 atom stereocenters. The van der Waals surface area contributed by atoms with Crippen LogP contribution in [0.3, 0.4) is 0 Å². The van der Waals surface area contributed by atoms with Gasteiger partial charge in [-0.1, -0.05) is 0 Å². The molecule has 0 bridgehead atoms. The summed E-state index contributed by atoms with van der Waals surface area (Å²) in [7, 11) is 0.598. The Balaban J connectivity index is 3.34. The van der Waals surface area contributed by atoms with E-state index in [-0.39, 0.29) is 11.6 Å². The van der Waals surface area contributed by atoms with Gasteiger partial charge >= 0.3 is 5.69 Å². The van der Waals surface area contributed by atoms with Crippen molar-refractivity contribution in [3.05, 3.63) is 16.8 Å². The zero-order chi connectivity index (χ0) is 6.85.